The van der Waals surface area contributed by atoms with Crippen LogP contribution in [0.3, 0.4) is 0 Å². The number of benzene rings is 2. The maximum Gasteiger partial charge on any atom is 0.262 e. The van der Waals surface area contributed by atoms with Gasteiger partial charge >= 0.3 is 0 Å². The first-order valence-corrected chi connectivity index (χ1v) is 9.22. The predicted molar refractivity (Wildman–Crippen MR) is 111 cm³/mol. The predicted octanol–water partition coefficient (Wildman–Crippen LogP) is 4.03. The highest BCUT2D eigenvalue weighted by Gasteiger charge is 2.29. The van der Waals surface area contributed by atoms with Gasteiger partial charge in [-0.1, -0.05) is 11.6 Å². The molecule has 4 rings (SSSR count). The number of carbonyl (C=O) groups is 1. The summed E-state index contributed by atoms with van der Waals surface area (Å²) in [5.41, 5.74) is -1.12. The van der Waals surface area contributed by atoms with Crippen molar-refractivity contribution >= 4 is 41.6 Å². The number of aromatic amines is 1. The fourth-order valence-corrected chi connectivity index (χ4v) is 3.37. The van der Waals surface area contributed by atoms with Crippen molar-refractivity contribution in [2.75, 3.05) is 0 Å². The number of H-pyrrole nitrogens is 1. The minimum absolute atomic E-state index is 0.0267. The van der Waals surface area contributed by atoms with Gasteiger partial charge in [0.05, 0.1) is 16.8 Å². The van der Waals surface area contributed by atoms with Crippen LogP contribution in [0.5, 0.6) is 11.6 Å². The lowest BCUT2D eigenvalue weighted by Crippen LogP contribution is -2.25. The molecule has 2 heterocycles. The van der Waals surface area contributed by atoms with E-state index in [1.54, 1.807) is 24.3 Å². The van der Waals surface area contributed by atoms with Crippen molar-refractivity contribution in [1.29, 1.82) is 5.41 Å². The lowest BCUT2D eigenvalue weighted by molar-refractivity contribution is 0.103. The molecule has 0 saturated heterocycles. The zero-order valence-electron chi connectivity index (χ0n) is 14.9. The van der Waals surface area contributed by atoms with Crippen LogP contribution in [0.2, 0.25) is 5.02 Å². The molecule has 3 aromatic rings. The minimum atomic E-state index is -0.777. The Hall–Kier alpha value is -3.56. The van der Waals surface area contributed by atoms with Gasteiger partial charge in [0.1, 0.15) is 17.1 Å². The average molecular weight is 444 g/mol. The number of rotatable bonds is 2. The van der Waals surface area contributed by atoms with Gasteiger partial charge in [0.25, 0.3) is 5.56 Å². The number of hydrogen-bond acceptors (Lipinski definition) is 6. The van der Waals surface area contributed by atoms with Gasteiger partial charge in [-0.15, -0.1) is 0 Å². The molecule has 0 fully saturated rings. The third-order valence-corrected chi connectivity index (χ3v) is 4.92. The molecule has 30 heavy (non-hydrogen) atoms. The van der Waals surface area contributed by atoms with Crippen LogP contribution in [0.15, 0.2) is 52.8 Å². The van der Waals surface area contributed by atoms with Crippen molar-refractivity contribution in [3.63, 3.8) is 0 Å². The number of nitrogens with zero attached hydrogens (tertiary/aromatic N) is 1. The third kappa shape index (κ3) is 3.34. The summed E-state index contributed by atoms with van der Waals surface area (Å²) in [6.07, 6.45) is 1.01. The molecule has 0 aliphatic carbocycles. The van der Waals surface area contributed by atoms with Crippen LogP contribution in [-0.4, -0.2) is 26.3 Å². The van der Waals surface area contributed by atoms with E-state index in [9.17, 15) is 19.1 Å². The Balaban J connectivity index is 1.90. The van der Waals surface area contributed by atoms with Crippen molar-refractivity contribution in [2.45, 2.75) is 0 Å². The van der Waals surface area contributed by atoms with Crippen molar-refractivity contribution in [1.82, 2.24) is 9.55 Å². The summed E-state index contributed by atoms with van der Waals surface area (Å²) in [7, 11) is 0. The quantitative estimate of drug-likeness (QED) is 0.409. The van der Waals surface area contributed by atoms with E-state index in [2.05, 4.69) is 4.98 Å². The molecule has 10 heteroatoms. The normalized spacial score (nSPS) is 14.5. The summed E-state index contributed by atoms with van der Waals surface area (Å²) >= 11 is 11.0. The molecule has 150 valence electrons. The third-order valence-electron chi connectivity index (χ3n) is 4.38. The van der Waals surface area contributed by atoms with Gasteiger partial charge in [-0.2, -0.15) is 0 Å². The van der Waals surface area contributed by atoms with Gasteiger partial charge < -0.3 is 9.84 Å². The molecule has 3 N–H and O–H groups in total. The SMILES string of the molecule is N=C1Oc2ccc(F)cc2C(=O)C1=Cc1c(O)n(-c2ccc(Cl)cc2)c(=S)[nH]c1=O. The summed E-state index contributed by atoms with van der Waals surface area (Å²) in [5, 5.41) is 19.2. The highest BCUT2D eigenvalue weighted by molar-refractivity contribution is 7.71. The summed E-state index contributed by atoms with van der Waals surface area (Å²) in [6.45, 7) is 0. The lowest BCUT2D eigenvalue weighted by atomic mass is 9.98. The highest BCUT2D eigenvalue weighted by Crippen LogP contribution is 2.30. The number of ether oxygens (including phenoxy) is 1. The molecule has 0 spiro atoms. The van der Waals surface area contributed by atoms with Crippen LogP contribution < -0.4 is 10.3 Å². The van der Waals surface area contributed by atoms with Gasteiger partial charge in [-0.05, 0) is 60.8 Å². The molecule has 1 aromatic heterocycles. The number of ketones is 1. The fraction of sp³-hybridized carbons (Fsp3) is 0. The molecule has 0 radical (unpaired) electrons. The minimum Gasteiger partial charge on any atom is -0.494 e. The topological polar surface area (TPSA) is 108 Å². The second-order valence-electron chi connectivity index (χ2n) is 6.27. The molecule has 7 nitrogen and oxygen atoms in total. The zero-order chi connectivity index (χ0) is 21.6. The Bertz CT molecular complexity index is 1380. The molecule has 0 atom stereocenters. The van der Waals surface area contributed by atoms with E-state index in [0.717, 1.165) is 18.2 Å². The smallest absolute Gasteiger partial charge is 0.262 e. The van der Waals surface area contributed by atoms with E-state index in [0.29, 0.717) is 10.7 Å². The summed E-state index contributed by atoms with van der Waals surface area (Å²) in [5.74, 6) is -2.45. The first-order valence-electron chi connectivity index (χ1n) is 8.43. The fourth-order valence-electron chi connectivity index (χ4n) is 2.96. The van der Waals surface area contributed by atoms with Crippen LogP contribution in [0.1, 0.15) is 15.9 Å². The van der Waals surface area contributed by atoms with Crippen molar-refractivity contribution in [3.8, 4) is 17.3 Å². The number of Topliss-reactive ketones (excluding diaryl/α,β-unsaturated/α-hetero) is 1. The first kappa shape index (κ1) is 19.7. The van der Waals surface area contributed by atoms with Crippen LogP contribution in [-0.2, 0) is 0 Å². The molecule has 0 amide bonds. The molecule has 1 aliphatic heterocycles. The Morgan fingerprint density at radius 2 is 1.90 bits per heavy atom. The number of hydrogen-bond donors (Lipinski definition) is 3. The van der Waals surface area contributed by atoms with Gasteiger partial charge in [-0.3, -0.25) is 24.5 Å². The standard InChI is InChI=1S/C20H11ClFN3O4S/c21-9-1-4-11(5-2-9)25-19(28)14(18(27)24-20(25)30)8-13-16(26)12-7-10(22)3-6-15(12)29-17(13)23/h1-8,23,28H,(H,24,27,30). The van der Waals surface area contributed by atoms with E-state index in [1.165, 1.54) is 10.6 Å². The summed E-state index contributed by atoms with van der Waals surface area (Å²) in [6, 6.07) is 9.59. The largest absolute Gasteiger partial charge is 0.494 e. The maximum absolute atomic E-state index is 13.6. The second-order valence-corrected chi connectivity index (χ2v) is 7.09. The average Bonchev–Trinajstić information content (AvgIpc) is 2.69. The number of carbonyl (C=O) groups excluding carboxylic acids is 1. The number of aromatic hydroxyl groups is 1. The summed E-state index contributed by atoms with van der Waals surface area (Å²) < 4.78 is 19.9. The number of fused-ring (bicyclic) bond motifs is 1. The van der Waals surface area contributed by atoms with Crippen molar-refractivity contribution in [2.24, 2.45) is 0 Å². The van der Waals surface area contributed by atoms with E-state index in [4.69, 9.17) is 34.0 Å². The van der Waals surface area contributed by atoms with Gasteiger partial charge in [0, 0.05) is 5.02 Å². The molecule has 2 aromatic carbocycles. The number of nitrogens with one attached hydrogen (secondary N) is 2. The molecule has 1 aliphatic rings. The van der Waals surface area contributed by atoms with E-state index >= 15 is 0 Å². The first-order chi connectivity index (χ1) is 14.3. The second kappa shape index (κ2) is 7.36. The molecule has 0 saturated carbocycles. The Morgan fingerprint density at radius 1 is 1.20 bits per heavy atom. The monoisotopic (exact) mass is 443 g/mol. The zero-order valence-corrected chi connectivity index (χ0v) is 16.5. The number of halogens is 2. The molecular formula is C20H11ClFN3O4S. The van der Waals surface area contributed by atoms with E-state index in [1.807, 2.05) is 0 Å². The molecular weight excluding hydrogens is 433 g/mol. The van der Waals surface area contributed by atoms with Crippen molar-refractivity contribution in [3.05, 3.63) is 85.1 Å². The molecule has 0 bridgehead atoms. The Labute approximate surface area is 178 Å². The van der Waals surface area contributed by atoms with Crippen LogP contribution in [0.25, 0.3) is 11.8 Å². The Kier molecular flexibility index (Phi) is 4.84. The highest BCUT2D eigenvalue weighted by atomic mass is 35.5. The van der Waals surface area contributed by atoms with Crippen LogP contribution >= 0.6 is 23.8 Å². The maximum atomic E-state index is 13.6. The van der Waals surface area contributed by atoms with Gasteiger partial charge in [0.15, 0.2) is 4.77 Å². The van der Waals surface area contributed by atoms with Crippen molar-refractivity contribution < 1.29 is 19.0 Å². The van der Waals surface area contributed by atoms with Crippen LogP contribution in [0.4, 0.5) is 4.39 Å². The van der Waals surface area contributed by atoms with Gasteiger partial charge in [0.2, 0.25) is 17.6 Å². The molecule has 0 unspecified atom stereocenters. The lowest BCUT2D eigenvalue weighted by Gasteiger charge is -2.19. The van der Waals surface area contributed by atoms with Crippen LogP contribution in [0, 0.1) is 16.0 Å². The number of aromatic nitrogens is 2. The van der Waals surface area contributed by atoms with E-state index in [-0.39, 0.29) is 27.2 Å². The Morgan fingerprint density at radius 3 is 2.60 bits per heavy atom. The van der Waals surface area contributed by atoms with E-state index < -0.39 is 28.9 Å². The van der Waals surface area contributed by atoms with Gasteiger partial charge in [-0.25, -0.2) is 4.39 Å². The summed E-state index contributed by atoms with van der Waals surface area (Å²) in [4.78, 5) is 27.6.